The predicted molar refractivity (Wildman–Crippen MR) is 69.0 cm³/mol. The summed E-state index contributed by atoms with van der Waals surface area (Å²) in [7, 11) is 0. The van der Waals surface area contributed by atoms with Crippen molar-refractivity contribution in [3.05, 3.63) is 39.8 Å². The number of aryl methyl sites for hydroxylation is 1. The second kappa shape index (κ2) is 6.10. The fourth-order valence-electron chi connectivity index (χ4n) is 1.49. The molecule has 2 aromatic heterocycles. The van der Waals surface area contributed by atoms with Gasteiger partial charge in [0.15, 0.2) is 0 Å². The lowest BCUT2D eigenvalue weighted by atomic mass is 10.3. The summed E-state index contributed by atoms with van der Waals surface area (Å²) in [6, 6.07) is 2.56. The van der Waals surface area contributed by atoms with Crippen molar-refractivity contribution in [2.24, 2.45) is 0 Å². The zero-order chi connectivity index (χ0) is 13.7. The minimum atomic E-state index is -0.506. The third kappa shape index (κ3) is 3.88. The molecule has 2 aromatic rings. The summed E-state index contributed by atoms with van der Waals surface area (Å²) in [5.74, 6) is 0.387. The van der Waals surface area contributed by atoms with Gasteiger partial charge in [0.05, 0.1) is 23.3 Å². The summed E-state index contributed by atoms with van der Waals surface area (Å²) in [4.78, 5) is 14.1. The molecule has 1 N–H and O–H groups in total. The third-order valence-corrected chi connectivity index (χ3v) is 2.53. The van der Waals surface area contributed by atoms with Gasteiger partial charge in [0.25, 0.3) is 5.69 Å². The van der Waals surface area contributed by atoms with Crippen molar-refractivity contribution < 1.29 is 4.92 Å². The molecule has 0 radical (unpaired) electrons. The van der Waals surface area contributed by atoms with Crippen molar-refractivity contribution in [3.8, 4) is 0 Å². The lowest BCUT2D eigenvalue weighted by molar-refractivity contribution is -0.384. The number of nitrogens with zero attached hydrogens (tertiary/aromatic N) is 5. The lowest BCUT2D eigenvalue weighted by Crippen LogP contribution is -2.08. The molecule has 0 saturated carbocycles. The largest absolute Gasteiger partial charge is 0.370 e. The quantitative estimate of drug-likeness (QED) is 0.375. The second-order valence-electron chi connectivity index (χ2n) is 3.74. The summed E-state index contributed by atoms with van der Waals surface area (Å²) in [5.41, 5.74) is -0.0845. The molecule has 0 aliphatic carbocycles. The van der Waals surface area contributed by atoms with Gasteiger partial charge in [-0.1, -0.05) is 16.8 Å². The highest BCUT2D eigenvalue weighted by Gasteiger charge is 2.09. The Morgan fingerprint density at radius 2 is 2.32 bits per heavy atom. The molecule has 0 spiro atoms. The number of halogens is 1. The van der Waals surface area contributed by atoms with Gasteiger partial charge in [-0.15, -0.1) is 5.10 Å². The molecule has 0 saturated heterocycles. The molecule has 8 nitrogen and oxygen atoms in total. The first-order chi connectivity index (χ1) is 9.15. The van der Waals surface area contributed by atoms with Gasteiger partial charge in [-0.05, 0) is 6.42 Å². The highest BCUT2D eigenvalue weighted by Crippen LogP contribution is 2.20. The van der Waals surface area contributed by atoms with Crippen LogP contribution < -0.4 is 5.32 Å². The van der Waals surface area contributed by atoms with Crippen LogP contribution in [0.3, 0.4) is 0 Å². The molecular weight excluding hydrogens is 272 g/mol. The van der Waals surface area contributed by atoms with E-state index in [2.05, 4.69) is 20.6 Å². The molecule has 0 aromatic carbocycles. The van der Waals surface area contributed by atoms with Crippen LogP contribution >= 0.6 is 11.6 Å². The number of hydrogen-bond donors (Lipinski definition) is 1. The van der Waals surface area contributed by atoms with Gasteiger partial charge in [0, 0.05) is 19.3 Å². The number of rotatable bonds is 6. The van der Waals surface area contributed by atoms with Crippen molar-refractivity contribution in [1.82, 2.24) is 20.0 Å². The van der Waals surface area contributed by atoms with Crippen molar-refractivity contribution in [3.63, 3.8) is 0 Å². The van der Waals surface area contributed by atoms with Crippen LogP contribution in [0.5, 0.6) is 0 Å². The molecule has 19 heavy (non-hydrogen) atoms. The number of pyridine rings is 1. The molecule has 0 amide bonds. The summed E-state index contributed by atoms with van der Waals surface area (Å²) in [6.07, 6.45) is 4.16. The zero-order valence-corrected chi connectivity index (χ0v) is 10.6. The Labute approximate surface area is 113 Å². The van der Waals surface area contributed by atoms with E-state index in [1.807, 2.05) is 0 Å². The van der Waals surface area contributed by atoms with Gasteiger partial charge in [-0.25, -0.2) is 4.98 Å². The average Bonchev–Trinajstić information content (AvgIpc) is 2.87. The Morgan fingerprint density at radius 3 is 3.00 bits per heavy atom. The van der Waals surface area contributed by atoms with Crippen molar-refractivity contribution >= 4 is 23.1 Å². The SMILES string of the molecule is O=[N+]([O-])c1cc(Cl)nc(NCCCn2ccnn2)c1. The molecule has 2 heterocycles. The summed E-state index contributed by atoms with van der Waals surface area (Å²) in [5, 5.41) is 21.3. The van der Waals surface area contributed by atoms with Crippen LogP contribution in [0.4, 0.5) is 11.5 Å². The number of anilines is 1. The van der Waals surface area contributed by atoms with E-state index in [4.69, 9.17) is 11.6 Å². The topological polar surface area (TPSA) is 98.8 Å². The predicted octanol–water partition coefficient (Wildman–Crippen LogP) is 1.74. The first-order valence-corrected chi connectivity index (χ1v) is 5.93. The first-order valence-electron chi connectivity index (χ1n) is 5.55. The van der Waals surface area contributed by atoms with Crippen LogP contribution in [0.15, 0.2) is 24.5 Å². The molecule has 0 aliphatic rings. The molecule has 0 unspecified atom stereocenters. The van der Waals surface area contributed by atoms with E-state index in [1.165, 1.54) is 12.1 Å². The Balaban J connectivity index is 1.87. The zero-order valence-electron chi connectivity index (χ0n) is 9.86. The molecular formula is C10H11ClN6O2. The van der Waals surface area contributed by atoms with Gasteiger partial charge >= 0.3 is 0 Å². The number of nitro groups is 1. The maximum absolute atomic E-state index is 10.7. The Bertz CT molecular complexity index is 559. The maximum Gasteiger partial charge on any atom is 0.276 e. The van der Waals surface area contributed by atoms with E-state index in [1.54, 1.807) is 17.1 Å². The van der Waals surface area contributed by atoms with Crippen LogP contribution in [0.1, 0.15) is 6.42 Å². The van der Waals surface area contributed by atoms with Crippen molar-refractivity contribution in [2.45, 2.75) is 13.0 Å². The van der Waals surface area contributed by atoms with Gasteiger partial charge < -0.3 is 5.32 Å². The molecule has 0 atom stereocenters. The number of aromatic nitrogens is 4. The van der Waals surface area contributed by atoms with Gasteiger partial charge in [0.1, 0.15) is 11.0 Å². The average molecular weight is 283 g/mol. The molecule has 0 fully saturated rings. The van der Waals surface area contributed by atoms with E-state index < -0.39 is 4.92 Å². The minimum Gasteiger partial charge on any atom is -0.370 e. The van der Waals surface area contributed by atoms with Crippen LogP contribution in [-0.4, -0.2) is 31.4 Å². The van der Waals surface area contributed by atoms with E-state index in [-0.39, 0.29) is 10.8 Å². The van der Waals surface area contributed by atoms with E-state index in [0.717, 1.165) is 6.42 Å². The van der Waals surface area contributed by atoms with Crippen molar-refractivity contribution in [1.29, 1.82) is 0 Å². The van der Waals surface area contributed by atoms with Crippen LogP contribution in [0, 0.1) is 10.1 Å². The highest BCUT2D eigenvalue weighted by molar-refractivity contribution is 6.29. The summed E-state index contributed by atoms with van der Waals surface area (Å²) in [6.45, 7) is 1.31. The Hall–Kier alpha value is -2.22. The third-order valence-electron chi connectivity index (χ3n) is 2.33. The van der Waals surface area contributed by atoms with Crippen molar-refractivity contribution in [2.75, 3.05) is 11.9 Å². The highest BCUT2D eigenvalue weighted by atomic mass is 35.5. The lowest BCUT2D eigenvalue weighted by Gasteiger charge is -2.05. The fourth-order valence-corrected chi connectivity index (χ4v) is 1.69. The summed E-state index contributed by atoms with van der Waals surface area (Å²) >= 11 is 5.71. The van der Waals surface area contributed by atoms with E-state index >= 15 is 0 Å². The van der Waals surface area contributed by atoms with Crippen LogP contribution in [-0.2, 0) is 6.54 Å². The van der Waals surface area contributed by atoms with E-state index in [9.17, 15) is 10.1 Å². The normalized spacial score (nSPS) is 10.4. The smallest absolute Gasteiger partial charge is 0.276 e. The first kappa shape index (κ1) is 13.2. The molecule has 100 valence electrons. The van der Waals surface area contributed by atoms with Gasteiger partial charge in [0.2, 0.25) is 0 Å². The number of nitrogens with one attached hydrogen (secondary N) is 1. The van der Waals surface area contributed by atoms with Gasteiger partial charge in [-0.2, -0.15) is 0 Å². The molecule has 0 aliphatic heterocycles. The molecule has 9 heteroatoms. The molecule has 2 rings (SSSR count). The Kier molecular flexibility index (Phi) is 4.24. The standard InChI is InChI=1S/C10H11ClN6O2/c11-9-6-8(17(18)19)7-10(14-9)12-2-1-4-16-5-3-13-15-16/h3,5-7H,1-2,4H2,(H,12,14). The van der Waals surface area contributed by atoms with Gasteiger partial charge in [-0.3, -0.25) is 14.8 Å². The monoisotopic (exact) mass is 282 g/mol. The summed E-state index contributed by atoms with van der Waals surface area (Å²) < 4.78 is 1.70. The van der Waals surface area contributed by atoms with E-state index in [0.29, 0.717) is 18.9 Å². The second-order valence-corrected chi connectivity index (χ2v) is 4.12. The Morgan fingerprint density at radius 1 is 1.47 bits per heavy atom. The molecule has 0 bridgehead atoms. The minimum absolute atomic E-state index is 0.0845. The fraction of sp³-hybridized carbons (Fsp3) is 0.300. The number of hydrogen-bond acceptors (Lipinski definition) is 6. The van der Waals surface area contributed by atoms with Crippen LogP contribution in [0.25, 0.3) is 0 Å². The maximum atomic E-state index is 10.7. The van der Waals surface area contributed by atoms with Crippen LogP contribution in [0.2, 0.25) is 5.15 Å².